The van der Waals surface area contributed by atoms with Gasteiger partial charge in [0, 0.05) is 22.6 Å². The van der Waals surface area contributed by atoms with Gasteiger partial charge in [-0.15, -0.1) is 0 Å². The number of ether oxygens (including phenoxy) is 1. The number of aliphatic hydroxyl groups is 1. The predicted molar refractivity (Wildman–Crippen MR) is 108 cm³/mol. The SMILES string of the molecule is CNCCc1c2c(nc3cc(F)c(C)cc13)-c1cc3c(c(=O)n1C2)COC(=O)C3O. The molecule has 2 N–H and O–H groups in total. The van der Waals surface area contributed by atoms with Crippen molar-refractivity contribution in [3.8, 4) is 11.4 Å². The second-order valence-corrected chi connectivity index (χ2v) is 7.75. The van der Waals surface area contributed by atoms with Crippen molar-refractivity contribution in [2.75, 3.05) is 13.6 Å². The highest BCUT2D eigenvalue weighted by Gasteiger charge is 2.34. The van der Waals surface area contributed by atoms with Gasteiger partial charge in [0.05, 0.1) is 29.0 Å². The number of hydrogen-bond acceptors (Lipinski definition) is 6. The van der Waals surface area contributed by atoms with Crippen LogP contribution < -0.4 is 10.9 Å². The molecule has 0 bridgehead atoms. The van der Waals surface area contributed by atoms with Crippen LogP contribution in [0.25, 0.3) is 22.3 Å². The Morgan fingerprint density at radius 3 is 2.87 bits per heavy atom. The summed E-state index contributed by atoms with van der Waals surface area (Å²) in [6, 6.07) is 4.86. The average Bonchev–Trinajstić information content (AvgIpc) is 3.08. The maximum atomic E-state index is 14.3. The number of benzene rings is 1. The van der Waals surface area contributed by atoms with E-state index in [4.69, 9.17) is 4.74 Å². The monoisotopic (exact) mass is 409 g/mol. The Morgan fingerprint density at radius 1 is 1.30 bits per heavy atom. The van der Waals surface area contributed by atoms with Crippen molar-refractivity contribution in [3.05, 3.63) is 62.2 Å². The molecule has 0 aliphatic carbocycles. The van der Waals surface area contributed by atoms with Crippen LogP contribution in [0.3, 0.4) is 0 Å². The van der Waals surface area contributed by atoms with Crippen molar-refractivity contribution in [1.82, 2.24) is 14.9 Å². The molecule has 0 radical (unpaired) electrons. The number of fused-ring (bicyclic) bond motifs is 5. The number of carbonyl (C=O) groups excluding carboxylic acids is 1. The van der Waals surface area contributed by atoms with E-state index < -0.39 is 12.1 Å². The number of halogens is 1. The summed E-state index contributed by atoms with van der Waals surface area (Å²) >= 11 is 0. The molecule has 0 spiro atoms. The smallest absolute Gasteiger partial charge is 0.340 e. The lowest BCUT2D eigenvalue weighted by Gasteiger charge is -2.21. The van der Waals surface area contributed by atoms with Crippen LogP contribution in [-0.4, -0.2) is 34.2 Å². The van der Waals surface area contributed by atoms with Gasteiger partial charge in [-0.05, 0) is 50.2 Å². The van der Waals surface area contributed by atoms with Crippen LogP contribution >= 0.6 is 0 Å². The number of aryl methyl sites for hydroxylation is 1. The Labute approximate surface area is 171 Å². The zero-order valence-corrected chi connectivity index (χ0v) is 16.6. The van der Waals surface area contributed by atoms with Crippen molar-refractivity contribution in [1.29, 1.82) is 0 Å². The quantitative estimate of drug-likeness (QED) is 0.501. The van der Waals surface area contributed by atoms with Gasteiger partial charge in [0.1, 0.15) is 12.4 Å². The van der Waals surface area contributed by atoms with Crippen molar-refractivity contribution >= 4 is 16.9 Å². The van der Waals surface area contributed by atoms with Crippen LogP contribution in [0.15, 0.2) is 23.0 Å². The van der Waals surface area contributed by atoms with E-state index in [9.17, 15) is 19.1 Å². The van der Waals surface area contributed by atoms with Crippen molar-refractivity contribution in [3.63, 3.8) is 0 Å². The minimum absolute atomic E-state index is 0.160. The fourth-order valence-corrected chi connectivity index (χ4v) is 4.37. The maximum Gasteiger partial charge on any atom is 0.340 e. The van der Waals surface area contributed by atoms with Crippen LogP contribution in [-0.2, 0) is 29.1 Å². The third-order valence-corrected chi connectivity index (χ3v) is 5.98. The number of nitrogens with zero attached hydrogens (tertiary/aromatic N) is 2. The summed E-state index contributed by atoms with van der Waals surface area (Å²) in [6.45, 7) is 2.60. The van der Waals surface area contributed by atoms with Gasteiger partial charge in [0.25, 0.3) is 5.56 Å². The molecule has 2 aromatic heterocycles. The zero-order chi connectivity index (χ0) is 21.2. The fourth-order valence-electron chi connectivity index (χ4n) is 4.37. The molecule has 4 heterocycles. The molecule has 2 aliphatic heterocycles. The zero-order valence-electron chi connectivity index (χ0n) is 16.6. The number of pyridine rings is 2. The third-order valence-electron chi connectivity index (χ3n) is 5.98. The van der Waals surface area contributed by atoms with Gasteiger partial charge in [0.2, 0.25) is 0 Å². The van der Waals surface area contributed by atoms with Crippen LogP contribution in [0.2, 0.25) is 0 Å². The molecule has 0 saturated carbocycles. The van der Waals surface area contributed by atoms with Crippen LogP contribution in [0, 0.1) is 12.7 Å². The molecule has 30 heavy (non-hydrogen) atoms. The highest BCUT2D eigenvalue weighted by atomic mass is 19.1. The molecular formula is C22H20FN3O4. The summed E-state index contributed by atoms with van der Waals surface area (Å²) in [5.74, 6) is -1.11. The highest BCUT2D eigenvalue weighted by molar-refractivity contribution is 5.89. The summed E-state index contributed by atoms with van der Waals surface area (Å²) in [5, 5.41) is 14.2. The van der Waals surface area contributed by atoms with E-state index in [0.29, 0.717) is 42.0 Å². The minimum atomic E-state index is -1.50. The summed E-state index contributed by atoms with van der Waals surface area (Å²) in [6.07, 6.45) is -0.809. The standard InChI is InChI=1S/C22H20FN3O4/c1-10-5-12-11(3-4-24-2)14-8-26-18(19(14)25-17(12)7-16(10)23)6-13-15(21(26)28)9-30-22(29)20(13)27/h5-7,20,24,27H,3-4,8-9H2,1-2H3. The molecule has 1 unspecified atom stereocenters. The van der Waals surface area contributed by atoms with E-state index in [-0.39, 0.29) is 29.1 Å². The number of nitrogens with one attached hydrogen (secondary N) is 1. The first-order valence-corrected chi connectivity index (χ1v) is 9.78. The number of cyclic esters (lactones) is 1. The molecule has 154 valence electrons. The summed E-state index contributed by atoms with van der Waals surface area (Å²) in [7, 11) is 1.86. The van der Waals surface area contributed by atoms with Crippen LogP contribution in [0.4, 0.5) is 4.39 Å². The second kappa shape index (κ2) is 6.72. The normalized spacial score (nSPS) is 16.9. The van der Waals surface area contributed by atoms with Gasteiger partial charge in [-0.1, -0.05) is 0 Å². The van der Waals surface area contributed by atoms with Gasteiger partial charge in [0.15, 0.2) is 6.10 Å². The Kier molecular flexibility index (Phi) is 4.23. The molecular weight excluding hydrogens is 389 g/mol. The molecule has 1 atom stereocenters. The average molecular weight is 409 g/mol. The Hall–Kier alpha value is -3.10. The second-order valence-electron chi connectivity index (χ2n) is 7.75. The summed E-state index contributed by atoms with van der Waals surface area (Å²) in [5.41, 5.74) is 4.31. The largest absolute Gasteiger partial charge is 0.458 e. The van der Waals surface area contributed by atoms with Crippen molar-refractivity contribution in [2.24, 2.45) is 0 Å². The van der Waals surface area contributed by atoms with E-state index in [1.807, 2.05) is 7.05 Å². The lowest BCUT2D eigenvalue weighted by atomic mass is 9.96. The third kappa shape index (κ3) is 2.60. The first-order chi connectivity index (χ1) is 14.4. The number of likely N-dealkylation sites (N-methyl/N-ethyl adjacent to an activating group) is 1. The maximum absolute atomic E-state index is 14.3. The lowest BCUT2D eigenvalue weighted by Crippen LogP contribution is -2.32. The Balaban J connectivity index is 1.80. The molecule has 0 saturated heterocycles. The van der Waals surface area contributed by atoms with Gasteiger partial charge in [-0.3, -0.25) is 4.79 Å². The van der Waals surface area contributed by atoms with Crippen molar-refractivity contribution in [2.45, 2.75) is 32.6 Å². The van der Waals surface area contributed by atoms with Crippen LogP contribution in [0.1, 0.15) is 33.9 Å². The summed E-state index contributed by atoms with van der Waals surface area (Å²) < 4.78 is 20.8. The van der Waals surface area contributed by atoms with Gasteiger partial charge in [-0.2, -0.15) is 0 Å². The molecule has 3 aromatic rings. The van der Waals surface area contributed by atoms with E-state index in [1.54, 1.807) is 23.6 Å². The first kappa shape index (κ1) is 18.9. The first-order valence-electron chi connectivity index (χ1n) is 9.78. The number of aliphatic hydroxyl groups excluding tert-OH is 1. The van der Waals surface area contributed by atoms with E-state index in [0.717, 1.165) is 16.5 Å². The molecule has 7 nitrogen and oxygen atoms in total. The number of aromatic nitrogens is 2. The number of esters is 1. The molecule has 0 fully saturated rings. The number of hydrogen-bond donors (Lipinski definition) is 2. The molecule has 5 rings (SSSR count). The highest BCUT2D eigenvalue weighted by Crippen LogP contribution is 2.38. The topological polar surface area (TPSA) is 93.5 Å². The van der Waals surface area contributed by atoms with Gasteiger partial charge >= 0.3 is 5.97 Å². The Morgan fingerprint density at radius 2 is 2.10 bits per heavy atom. The van der Waals surface area contributed by atoms with Gasteiger partial charge in [-0.25, -0.2) is 14.2 Å². The molecule has 0 amide bonds. The molecule has 8 heteroatoms. The number of carbonyl (C=O) groups is 1. The van der Waals surface area contributed by atoms with Crippen molar-refractivity contribution < 1.29 is 19.0 Å². The fraction of sp³-hybridized carbons (Fsp3) is 0.318. The van der Waals surface area contributed by atoms with E-state index >= 15 is 0 Å². The van der Waals surface area contributed by atoms with Crippen LogP contribution in [0.5, 0.6) is 0 Å². The van der Waals surface area contributed by atoms with E-state index in [1.165, 1.54) is 6.07 Å². The van der Waals surface area contributed by atoms with E-state index in [2.05, 4.69) is 10.3 Å². The minimum Gasteiger partial charge on any atom is -0.458 e. The number of rotatable bonds is 3. The predicted octanol–water partition coefficient (Wildman–Crippen LogP) is 1.72. The summed E-state index contributed by atoms with van der Waals surface area (Å²) in [4.78, 5) is 29.6. The van der Waals surface area contributed by atoms with Gasteiger partial charge < -0.3 is 19.7 Å². The molecule has 1 aromatic carbocycles. The molecule has 2 aliphatic rings. The Bertz CT molecular complexity index is 1300. The lowest BCUT2D eigenvalue weighted by molar-refractivity contribution is -0.157.